The van der Waals surface area contributed by atoms with E-state index in [-0.39, 0.29) is 5.60 Å². The van der Waals surface area contributed by atoms with Gasteiger partial charge in [-0.15, -0.1) is 0 Å². The minimum absolute atomic E-state index is 0.00254. The van der Waals surface area contributed by atoms with E-state index in [1.54, 1.807) is 7.11 Å². The summed E-state index contributed by atoms with van der Waals surface area (Å²) in [6, 6.07) is 0.570. The standard InChI is InChI=1S/C13H28N2O2/c1-12(10-14-6-5-8-16-4)15-7-9-17-13(2,3)11-15/h12,14H,5-11H2,1-4H3. The van der Waals surface area contributed by atoms with E-state index in [1.165, 1.54) is 0 Å². The van der Waals surface area contributed by atoms with Crippen LogP contribution in [-0.4, -0.2) is 63.0 Å². The molecule has 0 radical (unpaired) electrons. The lowest BCUT2D eigenvalue weighted by Crippen LogP contribution is -2.53. The van der Waals surface area contributed by atoms with Crippen LogP contribution in [0.3, 0.4) is 0 Å². The molecule has 17 heavy (non-hydrogen) atoms. The number of hydrogen-bond donors (Lipinski definition) is 1. The molecule has 4 heteroatoms. The second-order valence-electron chi connectivity index (χ2n) is 5.48. The molecule has 4 nitrogen and oxygen atoms in total. The van der Waals surface area contributed by atoms with Crippen molar-refractivity contribution in [2.45, 2.75) is 38.8 Å². The maximum atomic E-state index is 5.72. The summed E-state index contributed by atoms with van der Waals surface area (Å²) >= 11 is 0. The highest BCUT2D eigenvalue weighted by molar-refractivity contribution is 4.82. The van der Waals surface area contributed by atoms with Gasteiger partial charge in [0.05, 0.1) is 12.2 Å². The van der Waals surface area contributed by atoms with E-state index in [4.69, 9.17) is 9.47 Å². The molecule has 1 atom stereocenters. The lowest BCUT2D eigenvalue weighted by Gasteiger charge is -2.41. The van der Waals surface area contributed by atoms with Crippen molar-refractivity contribution in [2.24, 2.45) is 0 Å². The van der Waals surface area contributed by atoms with E-state index in [0.717, 1.165) is 45.8 Å². The molecule has 1 aliphatic rings. The van der Waals surface area contributed by atoms with Gasteiger partial charge in [0.2, 0.25) is 0 Å². The first-order chi connectivity index (χ1) is 8.05. The zero-order chi connectivity index (χ0) is 12.7. The Kier molecular flexibility index (Phi) is 6.41. The topological polar surface area (TPSA) is 33.7 Å². The Hall–Kier alpha value is -0.160. The second-order valence-corrected chi connectivity index (χ2v) is 5.48. The summed E-state index contributed by atoms with van der Waals surface area (Å²) in [6.45, 7) is 12.4. The molecule has 0 aliphatic carbocycles. The first kappa shape index (κ1) is 14.9. The summed E-state index contributed by atoms with van der Waals surface area (Å²) in [5.41, 5.74) is 0.00254. The van der Waals surface area contributed by atoms with E-state index >= 15 is 0 Å². The molecule has 0 aromatic rings. The predicted molar refractivity (Wildman–Crippen MR) is 70.4 cm³/mol. The second kappa shape index (κ2) is 7.31. The van der Waals surface area contributed by atoms with Crippen LogP contribution >= 0.6 is 0 Å². The lowest BCUT2D eigenvalue weighted by molar-refractivity contribution is -0.0950. The average Bonchev–Trinajstić information content (AvgIpc) is 2.27. The number of rotatable bonds is 7. The van der Waals surface area contributed by atoms with E-state index < -0.39 is 0 Å². The molecule has 0 spiro atoms. The molecule has 0 bridgehead atoms. The zero-order valence-electron chi connectivity index (χ0n) is 11.8. The molecule has 1 N–H and O–H groups in total. The van der Waals surface area contributed by atoms with Gasteiger partial charge in [0.15, 0.2) is 0 Å². The maximum absolute atomic E-state index is 5.72. The highest BCUT2D eigenvalue weighted by Gasteiger charge is 2.29. The van der Waals surface area contributed by atoms with Crippen molar-refractivity contribution >= 4 is 0 Å². The van der Waals surface area contributed by atoms with Gasteiger partial charge in [0.25, 0.3) is 0 Å². The largest absolute Gasteiger partial charge is 0.385 e. The minimum atomic E-state index is 0.00254. The molecule has 1 saturated heterocycles. The fourth-order valence-corrected chi connectivity index (χ4v) is 2.21. The molecule has 0 amide bonds. The van der Waals surface area contributed by atoms with E-state index in [9.17, 15) is 0 Å². The highest BCUT2D eigenvalue weighted by Crippen LogP contribution is 2.17. The number of morpholine rings is 1. The molecular weight excluding hydrogens is 216 g/mol. The monoisotopic (exact) mass is 244 g/mol. The number of nitrogens with zero attached hydrogens (tertiary/aromatic N) is 1. The van der Waals surface area contributed by atoms with E-state index in [2.05, 4.69) is 31.0 Å². The van der Waals surface area contributed by atoms with Crippen molar-refractivity contribution in [3.63, 3.8) is 0 Å². The van der Waals surface area contributed by atoms with Gasteiger partial charge in [-0.3, -0.25) is 4.90 Å². The van der Waals surface area contributed by atoms with Crippen LogP contribution in [0.25, 0.3) is 0 Å². The fraction of sp³-hybridized carbons (Fsp3) is 1.00. The minimum Gasteiger partial charge on any atom is -0.385 e. The first-order valence-corrected chi connectivity index (χ1v) is 6.63. The highest BCUT2D eigenvalue weighted by atomic mass is 16.5. The summed E-state index contributed by atoms with van der Waals surface area (Å²) in [5.74, 6) is 0. The molecular formula is C13H28N2O2. The van der Waals surface area contributed by atoms with Crippen LogP contribution in [0.4, 0.5) is 0 Å². The van der Waals surface area contributed by atoms with Crippen LogP contribution in [0, 0.1) is 0 Å². The Morgan fingerprint density at radius 2 is 2.24 bits per heavy atom. The quantitative estimate of drug-likeness (QED) is 0.680. The van der Waals surface area contributed by atoms with Crippen LogP contribution in [0.5, 0.6) is 0 Å². The Balaban J connectivity index is 2.16. The summed E-state index contributed by atoms with van der Waals surface area (Å²) < 4.78 is 10.8. The molecule has 0 saturated carbocycles. The molecule has 1 aliphatic heterocycles. The summed E-state index contributed by atoms with van der Waals surface area (Å²) in [7, 11) is 1.75. The first-order valence-electron chi connectivity index (χ1n) is 6.63. The van der Waals surface area contributed by atoms with Crippen molar-refractivity contribution in [3.05, 3.63) is 0 Å². The van der Waals surface area contributed by atoms with E-state index in [1.807, 2.05) is 0 Å². The molecule has 1 unspecified atom stereocenters. The smallest absolute Gasteiger partial charge is 0.0753 e. The van der Waals surface area contributed by atoms with Gasteiger partial charge in [-0.25, -0.2) is 0 Å². The van der Waals surface area contributed by atoms with Crippen LogP contribution in [0.15, 0.2) is 0 Å². The third-order valence-corrected chi connectivity index (χ3v) is 3.22. The van der Waals surface area contributed by atoms with Crippen LogP contribution in [-0.2, 0) is 9.47 Å². The summed E-state index contributed by atoms with van der Waals surface area (Å²) in [6.07, 6.45) is 1.08. The van der Waals surface area contributed by atoms with Gasteiger partial charge in [-0.1, -0.05) is 0 Å². The third kappa shape index (κ3) is 5.82. The predicted octanol–water partition coefficient (Wildman–Crippen LogP) is 1.11. The molecule has 1 fully saturated rings. The molecule has 0 aromatic carbocycles. The van der Waals surface area contributed by atoms with Crippen molar-refractivity contribution in [3.8, 4) is 0 Å². The third-order valence-electron chi connectivity index (χ3n) is 3.22. The Morgan fingerprint density at radius 3 is 2.88 bits per heavy atom. The molecule has 1 rings (SSSR count). The average molecular weight is 244 g/mol. The summed E-state index contributed by atoms with van der Waals surface area (Å²) in [4.78, 5) is 2.51. The van der Waals surface area contributed by atoms with Crippen molar-refractivity contribution in [1.82, 2.24) is 10.2 Å². The molecule has 1 heterocycles. The Morgan fingerprint density at radius 1 is 1.47 bits per heavy atom. The van der Waals surface area contributed by atoms with Crippen molar-refractivity contribution in [2.75, 3.05) is 46.5 Å². The zero-order valence-corrected chi connectivity index (χ0v) is 11.8. The summed E-state index contributed by atoms with van der Waals surface area (Å²) in [5, 5.41) is 3.48. The molecule has 102 valence electrons. The van der Waals surface area contributed by atoms with Crippen molar-refractivity contribution in [1.29, 1.82) is 0 Å². The van der Waals surface area contributed by atoms with Gasteiger partial charge < -0.3 is 14.8 Å². The number of hydrogen-bond acceptors (Lipinski definition) is 4. The van der Waals surface area contributed by atoms with Gasteiger partial charge in [-0.05, 0) is 33.7 Å². The van der Waals surface area contributed by atoms with Crippen molar-refractivity contribution < 1.29 is 9.47 Å². The van der Waals surface area contributed by atoms with Gasteiger partial charge in [0.1, 0.15) is 0 Å². The van der Waals surface area contributed by atoms with Crippen LogP contribution in [0.1, 0.15) is 27.2 Å². The van der Waals surface area contributed by atoms with Gasteiger partial charge in [0, 0.05) is 39.4 Å². The van der Waals surface area contributed by atoms with Crippen LogP contribution in [0.2, 0.25) is 0 Å². The number of methoxy groups -OCH3 is 1. The van der Waals surface area contributed by atoms with Gasteiger partial charge in [-0.2, -0.15) is 0 Å². The van der Waals surface area contributed by atoms with Crippen LogP contribution < -0.4 is 5.32 Å². The SMILES string of the molecule is COCCCNCC(C)N1CCOC(C)(C)C1. The van der Waals surface area contributed by atoms with E-state index in [0.29, 0.717) is 6.04 Å². The Labute approximate surface area is 106 Å². The lowest BCUT2D eigenvalue weighted by atomic mass is 10.1. The Bertz CT molecular complexity index is 210. The number of ether oxygens (including phenoxy) is 2. The normalized spacial score (nSPS) is 22.6. The number of nitrogens with one attached hydrogen (secondary N) is 1. The maximum Gasteiger partial charge on any atom is 0.0753 e. The van der Waals surface area contributed by atoms with Gasteiger partial charge >= 0.3 is 0 Å². The molecule has 0 aromatic heterocycles. The fourth-order valence-electron chi connectivity index (χ4n) is 2.21.